The Kier molecular flexibility index (Phi) is 15.8. The van der Waals surface area contributed by atoms with Gasteiger partial charge < -0.3 is 24.1 Å². The van der Waals surface area contributed by atoms with Crippen LogP contribution >= 0.6 is 11.8 Å². The summed E-state index contributed by atoms with van der Waals surface area (Å²) in [5.41, 5.74) is -0.616. The SMILES string of the molecule is CCCCOC[C@H]1SC(O)[C@H](OCCCC)[C@@H](OCCCC)[C@@H]1OCCCC. The molecule has 0 aliphatic carbocycles. The Balaban J connectivity index is 2.84. The van der Waals surface area contributed by atoms with Gasteiger partial charge in [0.1, 0.15) is 23.7 Å². The van der Waals surface area contributed by atoms with Gasteiger partial charge in [-0.05, 0) is 25.7 Å². The number of hydrogen-bond acceptors (Lipinski definition) is 6. The molecule has 1 saturated heterocycles. The third-order valence-corrected chi connectivity index (χ3v) is 6.26. The van der Waals surface area contributed by atoms with Crippen molar-refractivity contribution in [1.29, 1.82) is 0 Å². The molecule has 1 rings (SSSR count). The molecule has 0 amide bonds. The van der Waals surface area contributed by atoms with Gasteiger partial charge in [-0.15, -0.1) is 11.8 Å². The number of hydrogen-bond donors (Lipinski definition) is 1. The van der Waals surface area contributed by atoms with E-state index in [2.05, 4.69) is 27.7 Å². The minimum absolute atomic E-state index is 0.0568. The Hall–Kier alpha value is 0.150. The summed E-state index contributed by atoms with van der Waals surface area (Å²) in [5.74, 6) is 0. The highest BCUT2D eigenvalue weighted by molar-refractivity contribution is 8.00. The van der Waals surface area contributed by atoms with Crippen LogP contribution < -0.4 is 0 Å². The molecule has 28 heavy (non-hydrogen) atoms. The average molecular weight is 421 g/mol. The van der Waals surface area contributed by atoms with E-state index in [0.717, 1.165) is 58.0 Å². The van der Waals surface area contributed by atoms with E-state index >= 15 is 0 Å². The molecule has 0 saturated carbocycles. The fourth-order valence-electron chi connectivity index (χ4n) is 3.13. The summed E-state index contributed by atoms with van der Waals surface area (Å²) in [5, 5.41) is 10.9. The molecular weight excluding hydrogens is 376 g/mol. The largest absolute Gasteiger partial charge is 0.380 e. The monoisotopic (exact) mass is 420 g/mol. The van der Waals surface area contributed by atoms with Crippen molar-refractivity contribution in [3.63, 3.8) is 0 Å². The van der Waals surface area contributed by atoms with Crippen molar-refractivity contribution in [1.82, 2.24) is 0 Å². The number of rotatable bonds is 17. The van der Waals surface area contributed by atoms with Crippen LogP contribution in [0.2, 0.25) is 0 Å². The first kappa shape index (κ1) is 26.2. The van der Waals surface area contributed by atoms with Crippen molar-refractivity contribution in [3.8, 4) is 0 Å². The Bertz CT molecular complexity index is 358. The number of ether oxygens (including phenoxy) is 4. The molecule has 0 radical (unpaired) electrons. The van der Waals surface area contributed by atoms with Crippen molar-refractivity contribution in [2.24, 2.45) is 0 Å². The van der Waals surface area contributed by atoms with Crippen LogP contribution in [0.4, 0.5) is 0 Å². The van der Waals surface area contributed by atoms with Crippen LogP contribution in [-0.4, -0.2) is 67.1 Å². The van der Waals surface area contributed by atoms with Crippen molar-refractivity contribution < 1.29 is 24.1 Å². The van der Waals surface area contributed by atoms with Crippen LogP contribution in [0.1, 0.15) is 79.1 Å². The van der Waals surface area contributed by atoms with Crippen molar-refractivity contribution in [2.45, 2.75) is 108 Å². The minimum atomic E-state index is -0.616. The van der Waals surface area contributed by atoms with Crippen LogP contribution in [0, 0.1) is 0 Å². The second-order valence-corrected chi connectivity index (χ2v) is 8.92. The quantitative estimate of drug-likeness (QED) is 0.341. The van der Waals surface area contributed by atoms with Gasteiger partial charge in [0.2, 0.25) is 0 Å². The number of aliphatic hydroxyl groups is 1. The molecular formula is C22H44O5S. The van der Waals surface area contributed by atoms with E-state index in [4.69, 9.17) is 18.9 Å². The van der Waals surface area contributed by atoms with E-state index < -0.39 is 5.44 Å². The van der Waals surface area contributed by atoms with Gasteiger partial charge in [-0.3, -0.25) is 0 Å². The van der Waals surface area contributed by atoms with E-state index in [1.807, 2.05) is 0 Å². The topological polar surface area (TPSA) is 57.2 Å². The van der Waals surface area contributed by atoms with Crippen LogP contribution in [-0.2, 0) is 18.9 Å². The van der Waals surface area contributed by atoms with E-state index in [-0.39, 0.29) is 23.6 Å². The first-order valence-electron chi connectivity index (χ1n) is 11.5. The van der Waals surface area contributed by atoms with Crippen LogP contribution in [0.3, 0.4) is 0 Å². The molecule has 0 spiro atoms. The van der Waals surface area contributed by atoms with E-state index in [1.165, 1.54) is 11.8 Å². The Morgan fingerprint density at radius 2 is 1.11 bits per heavy atom. The van der Waals surface area contributed by atoms with Crippen LogP contribution in [0.25, 0.3) is 0 Å². The van der Waals surface area contributed by atoms with E-state index in [0.29, 0.717) is 26.4 Å². The van der Waals surface area contributed by atoms with Gasteiger partial charge in [0.05, 0.1) is 11.9 Å². The third kappa shape index (κ3) is 9.77. The second kappa shape index (κ2) is 16.9. The molecule has 5 atom stereocenters. The lowest BCUT2D eigenvalue weighted by Gasteiger charge is -2.44. The standard InChI is InChI=1S/C22H44O5S/c1-5-9-13-24-17-18-19(25-14-10-6-2)20(26-15-11-7-3)21(22(23)28-18)27-16-12-8-4/h18-23H,5-17H2,1-4H3/t18-,19-,20+,21-,22?/m1/s1. The minimum Gasteiger partial charge on any atom is -0.380 e. The van der Waals surface area contributed by atoms with E-state index in [1.54, 1.807) is 0 Å². The number of unbranched alkanes of at least 4 members (excludes halogenated alkanes) is 4. The van der Waals surface area contributed by atoms with Gasteiger partial charge in [-0.2, -0.15) is 0 Å². The number of thioether (sulfide) groups is 1. The molecule has 0 bridgehead atoms. The summed E-state index contributed by atoms with van der Waals surface area (Å²) in [6, 6.07) is 0. The van der Waals surface area contributed by atoms with Gasteiger partial charge in [0.15, 0.2) is 0 Å². The summed E-state index contributed by atoms with van der Waals surface area (Å²) in [4.78, 5) is 0. The summed E-state index contributed by atoms with van der Waals surface area (Å²) in [7, 11) is 0. The van der Waals surface area contributed by atoms with Gasteiger partial charge >= 0.3 is 0 Å². The highest BCUT2D eigenvalue weighted by Gasteiger charge is 2.47. The summed E-state index contributed by atoms with van der Waals surface area (Å²) in [6.07, 6.45) is 7.70. The molecule has 0 aromatic heterocycles. The molecule has 1 heterocycles. The zero-order valence-electron chi connectivity index (χ0n) is 18.6. The lowest BCUT2D eigenvalue weighted by atomic mass is 10.0. The number of aliphatic hydroxyl groups excluding tert-OH is 1. The maximum Gasteiger partial charge on any atom is 0.129 e. The van der Waals surface area contributed by atoms with Crippen molar-refractivity contribution in [3.05, 3.63) is 0 Å². The summed E-state index contributed by atoms with van der Waals surface area (Å²) < 4.78 is 24.6. The second-order valence-electron chi connectivity index (χ2n) is 7.56. The highest BCUT2D eigenvalue weighted by atomic mass is 32.2. The van der Waals surface area contributed by atoms with Gasteiger partial charge in [0, 0.05) is 26.4 Å². The van der Waals surface area contributed by atoms with E-state index in [9.17, 15) is 5.11 Å². The normalized spacial score (nSPS) is 28.0. The fourth-order valence-corrected chi connectivity index (χ4v) is 4.44. The van der Waals surface area contributed by atoms with Gasteiger partial charge in [-0.25, -0.2) is 0 Å². The molecule has 1 aliphatic heterocycles. The Morgan fingerprint density at radius 1 is 0.643 bits per heavy atom. The molecule has 1 unspecified atom stereocenters. The van der Waals surface area contributed by atoms with Crippen LogP contribution in [0.15, 0.2) is 0 Å². The van der Waals surface area contributed by atoms with Crippen LogP contribution in [0.5, 0.6) is 0 Å². The lowest BCUT2D eigenvalue weighted by molar-refractivity contribution is -0.165. The predicted molar refractivity (Wildman–Crippen MR) is 117 cm³/mol. The summed E-state index contributed by atoms with van der Waals surface area (Å²) >= 11 is 1.52. The first-order chi connectivity index (χ1) is 13.7. The zero-order chi connectivity index (χ0) is 20.6. The fraction of sp³-hybridized carbons (Fsp3) is 1.00. The van der Waals surface area contributed by atoms with Gasteiger partial charge in [0.25, 0.3) is 0 Å². The molecule has 6 heteroatoms. The smallest absolute Gasteiger partial charge is 0.129 e. The Labute approximate surface area is 177 Å². The molecule has 1 aliphatic rings. The average Bonchev–Trinajstić information content (AvgIpc) is 2.69. The Morgan fingerprint density at radius 3 is 1.64 bits per heavy atom. The molecule has 1 fully saturated rings. The van der Waals surface area contributed by atoms with Gasteiger partial charge in [-0.1, -0.05) is 53.4 Å². The molecule has 5 nitrogen and oxygen atoms in total. The van der Waals surface area contributed by atoms with Crippen molar-refractivity contribution in [2.75, 3.05) is 33.0 Å². The molecule has 1 N–H and O–H groups in total. The first-order valence-corrected chi connectivity index (χ1v) is 12.4. The third-order valence-electron chi connectivity index (χ3n) is 4.96. The van der Waals surface area contributed by atoms with Crippen molar-refractivity contribution >= 4 is 11.8 Å². The molecule has 0 aromatic rings. The molecule has 168 valence electrons. The maximum atomic E-state index is 10.8. The predicted octanol–water partition coefficient (Wildman–Crippen LogP) is 4.79. The highest BCUT2D eigenvalue weighted by Crippen LogP contribution is 2.37. The lowest BCUT2D eigenvalue weighted by Crippen LogP contribution is -2.57. The maximum absolute atomic E-state index is 10.8. The zero-order valence-corrected chi connectivity index (χ0v) is 19.4. The molecule has 0 aromatic carbocycles. The summed E-state index contributed by atoms with van der Waals surface area (Å²) in [6.45, 7) is 12.0.